The van der Waals surface area contributed by atoms with E-state index in [0.717, 1.165) is 0 Å². The maximum Gasteiger partial charge on any atom is 0.446 e. The Balaban J connectivity index is 2.78. The van der Waals surface area contributed by atoms with Gasteiger partial charge in [-0.15, -0.1) is 0 Å². The molecule has 0 amide bonds. The molecule has 0 saturated heterocycles. The summed E-state index contributed by atoms with van der Waals surface area (Å²) in [6.07, 6.45) is 0. The number of nitrogen functional groups attached to an aromatic ring is 1. The monoisotopic (exact) mass is 208 g/mol. The summed E-state index contributed by atoms with van der Waals surface area (Å²) < 4.78 is 35.7. The second kappa shape index (κ2) is 3.89. The summed E-state index contributed by atoms with van der Waals surface area (Å²) in [4.78, 5) is 0.114. The topological polar surface area (TPSA) is 38.0 Å². The summed E-state index contributed by atoms with van der Waals surface area (Å²) in [5, 5.41) is 0. The molecule has 0 unspecified atom stereocenters. The van der Waals surface area contributed by atoms with Crippen LogP contribution in [-0.4, -0.2) is 5.51 Å². The molecule has 0 bridgehead atoms. The molecule has 0 fully saturated rings. The lowest BCUT2D eigenvalue weighted by Crippen LogP contribution is -2.06. The molecule has 3 N–H and O–H groups in total. The van der Waals surface area contributed by atoms with Crippen LogP contribution in [0.15, 0.2) is 29.2 Å². The van der Waals surface area contributed by atoms with Crippen molar-refractivity contribution in [2.75, 3.05) is 5.43 Å². The number of thioether (sulfide) groups is 1. The van der Waals surface area contributed by atoms with E-state index in [-0.39, 0.29) is 16.7 Å². The number of rotatable bonds is 2. The van der Waals surface area contributed by atoms with Crippen molar-refractivity contribution in [3.05, 3.63) is 24.3 Å². The minimum atomic E-state index is -4.26. The predicted octanol–water partition coefficient (Wildman–Crippen LogP) is 2.58. The van der Waals surface area contributed by atoms with Gasteiger partial charge >= 0.3 is 5.51 Å². The summed E-state index contributed by atoms with van der Waals surface area (Å²) in [7, 11) is 0. The smallest absolute Gasteiger partial charge is 0.324 e. The highest BCUT2D eigenvalue weighted by molar-refractivity contribution is 8.00. The summed E-state index contributed by atoms with van der Waals surface area (Å²) in [6, 6.07) is 5.79. The van der Waals surface area contributed by atoms with Crippen molar-refractivity contribution in [3.63, 3.8) is 0 Å². The second-order valence-electron chi connectivity index (χ2n) is 2.22. The molecule has 0 aromatic heterocycles. The van der Waals surface area contributed by atoms with Gasteiger partial charge in [-0.1, -0.05) is 6.07 Å². The number of alkyl halides is 3. The number of halogens is 3. The first kappa shape index (κ1) is 10.2. The van der Waals surface area contributed by atoms with Gasteiger partial charge in [-0.05, 0) is 30.0 Å². The van der Waals surface area contributed by atoms with Crippen LogP contribution in [0.5, 0.6) is 0 Å². The number of anilines is 1. The normalized spacial score (nSPS) is 11.4. The molecule has 1 rings (SSSR count). The Morgan fingerprint density at radius 3 is 2.54 bits per heavy atom. The van der Waals surface area contributed by atoms with Gasteiger partial charge in [0.25, 0.3) is 0 Å². The van der Waals surface area contributed by atoms with E-state index in [2.05, 4.69) is 5.43 Å². The van der Waals surface area contributed by atoms with Crippen LogP contribution >= 0.6 is 11.8 Å². The van der Waals surface area contributed by atoms with E-state index in [1.54, 1.807) is 6.07 Å². The highest BCUT2D eigenvalue weighted by Crippen LogP contribution is 2.37. The Morgan fingerprint density at radius 2 is 2.00 bits per heavy atom. The van der Waals surface area contributed by atoms with E-state index < -0.39 is 5.51 Å². The van der Waals surface area contributed by atoms with E-state index in [1.165, 1.54) is 18.2 Å². The zero-order valence-electron chi connectivity index (χ0n) is 6.43. The Bertz CT molecular complexity index is 287. The van der Waals surface area contributed by atoms with Crippen LogP contribution in [0.1, 0.15) is 0 Å². The molecule has 0 atom stereocenters. The fourth-order valence-electron chi connectivity index (χ4n) is 0.783. The number of hydrogen-bond acceptors (Lipinski definition) is 3. The number of nitrogens with two attached hydrogens (primary N) is 1. The lowest BCUT2D eigenvalue weighted by Gasteiger charge is -2.06. The van der Waals surface area contributed by atoms with Crippen LogP contribution in [0.25, 0.3) is 0 Å². The lowest BCUT2D eigenvalue weighted by atomic mass is 10.3. The van der Waals surface area contributed by atoms with Gasteiger partial charge in [-0.3, -0.25) is 5.84 Å². The molecule has 6 heteroatoms. The van der Waals surface area contributed by atoms with Crippen LogP contribution in [0.3, 0.4) is 0 Å². The molecular weight excluding hydrogens is 201 g/mol. The van der Waals surface area contributed by atoms with Gasteiger partial charge < -0.3 is 5.43 Å². The Morgan fingerprint density at radius 1 is 1.31 bits per heavy atom. The SMILES string of the molecule is NNc1cccc(SC(F)(F)F)c1. The molecule has 13 heavy (non-hydrogen) atoms. The summed E-state index contributed by atoms with van der Waals surface area (Å²) in [5.41, 5.74) is -1.53. The maximum absolute atomic E-state index is 11.9. The maximum atomic E-state index is 11.9. The molecule has 0 aliphatic rings. The van der Waals surface area contributed by atoms with Gasteiger partial charge in [-0.2, -0.15) is 13.2 Å². The fourth-order valence-corrected chi connectivity index (χ4v) is 1.38. The molecule has 2 nitrogen and oxygen atoms in total. The van der Waals surface area contributed by atoms with Crippen molar-refractivity contribution in [3.8, 4) is 0 Å². The quantitative estimate of drug-likeness (QED) is 0.445. The molecule has 0 aliphatic carbocycles. The van der Waals surface area contributed by atoms with Gasteiger partial charge in [0.05, 0.1) is 0 Å². The van der Waals surface area contributed by atoms with Crippen LogP contribution in [0.4, 0.5) is 18.9 Å². The van der Waals surface area contributed by atoms with Gasteiger partial charge in [0.2, 0.25) is 0 Å². The first-order valence-corrected chi connectivity index (χ1v) is 4.15. The van der Waals surface area contributed by atoms with Gasteiger partial charge in [0.1, 0.15) is 0 Å². The average molecular weight is 208 g/mol. The summed E-state index contributed by atoms with van der Waals surface area (Å²) >= 11 is -0.165. The first-order valence-electron chi connectivity index (χ1n) is 3.34. The van der Waals surface area contributed by atoms with Crippen molar-refractivity contribution in [1.82, 2.24) is 0 Å². The third-order valence-corrected chi connectivity index (χ3v) is 1.96. The molecule has 0 aliphatic heterocycles. The fraction of sp³-hybridized carbons (Fsp3) is 0.143. The van der Waals surface area contributed by atoms with Crippen LogP contribution in [0, 0.1) is 0 Å². The van der Waals surface area contributed by atoms with Crippen LogP contribution < -0.4 is 11.3 Å². The zero-order valence-corrected chi connectivity index (χ0v) is 7.25. The van der Waals surface area contributed by atoms with Crippen molar-refractivity contribution in [1.29, 1.82) is 0 Å². The third-order valence-electron chi connectivity index (χ3n) is 1.23. The molecule has 72 valence electrons. The van der Waals surface area contributed by atoms with Gasteiger partial charge in [-0.25, -0.2) is 0 Å². The number of hydrogen-bond donors (Lipinski definition) is 2. The van der Waals surface area contributed by atoms with Crippen LogP contribution in [0.2, 0.25) is 0 Å². The third kappa shape index (κ3) is 3.56. The number of nitrogens with one attached hydrogen (secondary N) is 1. The predicted molar refractivity (Wildman–Crippen MR) is 46.2 cm³/mol. The molecule has 0 heterocycles. The lowest BCUT2D eigenvalue weighted by molar-refractivity contribution is -0.0328. The summed E-state index contributed by atoms with van der Waals surface area (Å²) in [6.45, 7) is 0. The minimum absolute atomic E-state index is 0.114. The van der Waals surface area contributed by atoms with Crippen molar-refractivity contribution < 1.29 is 13.2 Å². The minimum Gasteiger partial charge on any atom is -0.324 e. The molecule has 0 spiro atoms. The van der Waals surface area contributed by atoms with E-state index in [1.807, 2.05) is 0 Å². The van der Waals surface area contributed by atoms with Crippen molar-refractivity contribution in [2.45, 2.75) is 10.4 Å². The Labute approximate surface area is 77.3 Å². The van der Waals surface area contributed by atoms with E-state index >= 15 is 0 Å². The average Bonchev–Trinajstić information content (AvgIpc) is 2.01. The van der Waals surface area contributed by atoms with Crippen molar-refractivity contribution in [2.24, 2.45) is 5.84 Å². The van der Waals surface area contributed by atoms with Crippen molar-refractivity contribution >= 4 is 17.4 Å². The summed E-state index contributed by atoms with van der Waals surface area (Å²) in [5.74, 6) is 5.04. The Kier molecular flexibility index (Phi) is 3.05. The highest BCUT2D eigenvalue weighted by Gasteiger charge is 2.29. The van der Waals surface area contributed by atoms with Crippen LogP contribution in [-0.2, 0) is 0 Å². The standard InChI is InChI=1S/C7H7F3N2S/c8-7(9,10)13-6-3-1-2-5(4-6)12-11/h1-4,12H,11H2. The number of benzene rings is 1. The van der Waals surface area contributed by atoms with E-state index in [4.69, 9.17) is 5.84 Å². The van der Waals surface area contributed by atoms with Gasteiger partial charge in [0, 0.05) is 10.6 Å². The highest BCUT2D eigenvalue weighted by atomic mass is 32.2. The molecule has 0 radical (unpaired) electrons. The largest absolute Gasteiger partial charge is 0.446 e. The molecule has 0 saturated carbocycles. The van der Waals surface area contributed by atoms with E-state index in [0.29, 0.717) is 5.69 Å². The number of hydrazine groups is 1. The molecule has 1 aromatic rings. The molecule has 1 aromatic carbocycles. The van der Waals surface area contributed by atoms with Gasteiger partial charge in [0.15, 0.2) is 0 Å². The zero-order chi connectivity index (χ0) is 9.90. The Hall–Kier alpha value is -0.880. The van der Waals surface area contributed by atoms with E-state index in [9.17, 15) is 13.2 Å². The molecular formula is C7H7F3N2S. The first-order chi connectivity index (χ1) is 6.01. The second-order valence-corrected chi connectivity index (χ2v) is 3.36.